The third kappa shape index (κ3) is 7.92. The first kappa shape index (κ1) is 32.1. The van der Waals surface area contributed by atoms with Crippen LogP contribution >= 0.6 is 11.3 Å². The normalized spacial score (nSPS) is 23.8. The van der Waals surface area contributed by atoms with E-state index in [0.717, 1.165) is 40.4 Å². The lowest BCUT2D eigenvalue weighted by atomic mass is 9.75. The number of fused-ring (bicyclic) bond motifs is 1. The standard InChI is InChI=1S/C36H43N5O4S/c1-25-37-32(24-46-25)27-11-7-12-29(21-27)38-33(42)23-41-17-13-30-28(22-41)10-5-6-14-36(15-18-45-19-16-36)35(44)40-31(34(43)39-30)20-26-8-3-2-4-9-26/h2-9,11-12,21,24,28,30-31H,10,13-20,22-23H2,1H3,(H,38,42)(H,39,43)(H,40,44)/t28-,30+,31+/m1/s1. The van der Waals surface area contributed by atoms with Gasteiger partial charge in [-0.1, -0.05) is 54.6 Å². The second-order valence-electron chi connectivity index (χ2n) is 12.8. The number of hydrogen-bond donors (Lipinski definition) is 3. The summed E-state index contributed by atoms with van der Waals surface area (Å²) in [6.07, 6.45) is 8.08. The number of ether oxygens (including phenoxy) is 1. The van der Waals surface area contributed by atoms with Crippen molar-refractivity contribution in [2.75, 3.05) is 38.2 Å². The Morgan fingerprint density at radius 1 is 1.09 bits per heavy atom. The fraction of sp³-hybridized carbons (Fsp3) is 0.444. The van der Waals surface area contributed by atoms with Crippen molar-refractivity contribution in [2.24, 2.45) is 11.3 Å². The van der Waals surface area contributed by atoms with E-state index in [1.165, 1.54) is 0 Å². The van der Waals surface area contributed by atoms with E-state index in [9.17, 15) is 14.4 Å². The zero-order valence-corrected chi connectivity index (χ0v) is 27.2. The van der Waals surface area contributed by atoms with Gasteiger partial charge >= 0.3 is 0 Å². The van der Waals surface area contributed by atoms with Crippen LogP contribution < -0.4 is 16.0 Å². The van der Waals surface area contributed by atoms with Crippen molar-refractivity contribution in [2.45, 2.75) is 57.5 Å². The minimum Gasteiger partial charge on any atom is -0.381 e. The van der Waals surface area contributed by atoms with Gasteiger partial charge in [0.25, 0.3) is 0 Å². The average Bonchev–Trinajstić information content (AvgIpc) is 3.50. The topological polar surface area (TPSA) is 113 Å². The third-order valence-electron chi connectivity index (χ3n) is 9.52. The van der Waals surface area contributed by atoms with E-state index >= 15 is 0 Å². The number of anilines is 1. The summed E-state index contributed by atoms with van der Waals surface area (Å²) in [4.78, 5) is 47.5. The molecule has 3 aromatic rings. The quantitative estimate of drug-likeness (QED) is 0.336. The van der Waals surface area contributed by atoms with Crippen molar-refractivity contribution in [1.29, 1.82) is 0 Å². The lowest BCUT2D eigenvalue weighted by molar-refractivity contribution is -0.140. The van der Waals surface area contributed by atoms with E-state index in [2.05, 4.69) is 38.0 Å². The lowest BCUT2D eigenvalue weighted by Gasteiger charge is -2.40. The number of nitrogens with one attached hydrogen (secondary N) is 3. The van der Waals surface area contributed by atoms with E-state index in [1.807, 2.05) is 66.9 Å². The van der Waals surface area contributed by atoms with Gasteiger partial charge in [0.05, 0.1) is 22.7 Å². The number of amides is 3. The number of piperidine rings is 1. The van der Waals surface area contributed by atoms with E-state index < -0.39 is 11.5 Å². The largest absolute Gasteiger partial charge is 0.381 e. The summed E-state index contributed by atoms with van der Waals surface area (Å²) in [5.41, 5.74) is 3.04. The van der Waals surface area contributed by atoms with Crippen molar-refractivity contribution in [3.8, 4) is 11.3 Å². The van der Waals surface area contributed by atoms with Crippen LogP contribution in [0.2, 0.25) is 0 Å². The van der Waals surface area contributed by atoms with Crippen LogP contribution in [0.3, 0.4) is 0 Å². The molecular formula is C36H43N5O4S. The molecule has 3 amide bonds. The van der Waals surface area contributed by atoms with E-state index in [1.54, 1.807) is 11.3 Å². The maximum Gasteiger partial charge on any atom is 0.243 e. The molecule has 46 heavy (non-hydrogen) atoms. The van der Waals surface area contributed by atoms with Crippen molar-refractivity contribution in [3.63, 3.8) is 0 Å². The molecule has 3 N–H and O–H groups in total. The minimum absolute atomic E-state index is 0.0543. The first-order valence-electron chi connectivity index (χ1n) is 16.3. The smallest absolute Gasteiger partial charge is 0.243 e. The van der Waals surface area contributed by atoms with Gasteiger partial charge < -0.3 is 20.7 Å². The zero-order chi connectivity index (χ0) is 31.9. The van der Waals surface area contributed by atoms with Crippen molar-refractivity contribution in [1.82, 2.24) is 20.5 Å². The Morgan fingerprint density at radius 3 is 2.70 bits per heavy atom. The molecule has 2 saturated heterocycles. The van der Waals surface area contributed by atoms with Gasteiger partial charge in [0.15, 0.2) is 0 Å². The zero-order valence-electron chi connectivity index (χ0n) is 26.4. The first-order valence-corrected chi connectivity index (χ1v) is 17.2. The summed E-state index contributed by atoms with van der Waals surface area (Å²) >= 11 is 1.61. The summed E-state index contributed by atoms with van der Waals surface area (Å²) in [7, 11) is 0. The first-order chi connectivity index (χ1) is 22.4. The van der Waals surface area contributed by atoms with Gasteiger partial charge in [-0.25, -0.2) is 4.98 Å². The highest BCUT2D eigenvalue weighted by atomic mass is 32.1. The highest BCUT2D eigenvalue weighted by Crippen LogP contribution is 2.36. The second kappa shape index (κ2) is 14.7. The fourth-order valence-electron chi connectivity index (χ4n) is 6.86. The molecule has 0 radical (unpaired) electrons. The molecule has 10 heteroatoms. The number of nitrogens with zero attached hydrogens (tertiary/aromatic N) is 2. The summed E-state index contributed by atoms with van der Waals surface area (Å²) in [6, 6.07) is 16.9. The lowest BCUT2D eigenvalue weighted by Crippen LogP contribution is -2.58. The monoisotopic (exact) mass is 641 g/mol. The highest BCUT2D eigenvalue weighted by Gasteiger charge is 2.41. The van der Waals surface area contributed by atoms with Gasteiger partial charge in [-0.05, 0) is 62.6 Å². The molecule has 1 spiro atoms. The van der Waals surface area contributed by atoms with Crippen LogP contribution in [-0.2, 0) is 25.5 Å². The fourth-order valence-corrected chi connectivity index (χ4v) is 7.48. The molecule has 0 unspecified atom stereocenters. The molecule has 4 heterocycles. The van der Waals surface area contributed by atoms with Gasteiger partial charge in [0, 0.05) is 55.4 Å². The molecule has 1 aromatic heterocycles. The Balaban J connectivity index is 1.14. The number of thiazole rings is 1. The summed E-state index contributed by atoms with van der Waals surface area (Å²) in [5, 5.41) is 12.6. The predicted molar refractivity (Wildman–Crippen MR) is 180 cm³/mol. The van der Waals surface area contributed by atoms with Crippen molar-refractivity contribution < 1.29 is 19.1 Å². The Labute approximate surface area is 274 Å². The van der Waals surface area contributed by atoms with Gasteiger partial charge in [-0.3, -0.25) is 19.3 Å². The van der Waals surface area contributed by atoms with Gasteiger partial charge in [0.2, 0.25) is 17.7 Å². The molecule has 0 aliphatic carbocycles. The molecule has 3 aliphatic rings. The molecular weight excluding hydrogens is 598 g/mol. The van der Waals surface area contributed by atoms with Crippen LogP contribution in [0.5, 0.6) is 0 Å². The molecule has 0 saturated carbocycles. The number of allylic oxidation sites excluding steroid dienone is 2. The molecule has 2 aromatic carbocycles. The van der Waals surface area contributed by atoms with Gasteiger partial charge in [-0.2, -0.15) is 0 Å². The molecule has 3 aliphatic heterocycles. The van der Waals surface area contributed by atoms with Crippen molar-refractivity contribution >= 4 is 34.7 Å². The van der Waals surface area contributed by atoms with Gasteiger partial charge in [-0.15, -0.1) is 11.3 Å². The van der Waals surface area contributed by atoms with Crippen LogP contribution in [0.1, 0.15) is 42.7 Å². The Hall–Kier alpha value is -3.86. The summed E-state index contributed by atoms with van der Waals surface area (Å²) in [5.74, 6) is -0.150. The number of likely N-dealkylation sites (tertiary alicyclic amines) is 1. The predicted octanol–water partition coefficient (Wildman–Crippen LogP) is 4.74. The van der Waals surface area contributed by atoms with Crippen LogP contribution in [0.25, 0.3) is 11.3 Å². The maximum atomic E-state index is 13.9. The number of rotatable bonds is 6. The van der Waals surface area contributed by atoms with E-state index in [4.69, 9.17) is 4.74 Å². The number of aromatic nitrogens is 1. The molecule has 6 rings (SSSR count). The van der Waals surface area contributed by atoms with Gasteiger partial charge in [0.1, 0.15) is 6.04 Å². The number of carbonyl (C=O) groups excluding carboxylic acids is 3. The minimum atomic E-state index is -0.675. The molecule has 9 nitrogen and oxygen atoms in total. The average molecular weight is 642 g/mol. The molecule has 0 bridgehead atoms. The highest BCUT2D eigenvalue weighted by molar-refractivity contribution is 7.09. The van der Waals surface area contributed by atoms with Crippen LogP contribution in [-0.4, -0.2) is 72.5 Å². The summed E-state index contributed by atoms with van der Waals surface area (Å²) in [6.45, 7) is 4.71. The number of hydrogen-bond acceptors (Lipinski definition) is 7. The second-order valence-corrected chi connectivity index (χ2v) is 13.9. The van der Waals surface area contributed by atoms with Crippen LogP contribution in [0.15, 0.2) is 72.1 Å². The van der Waals surface area contributed by atoms with E-state index in [0.29, 0.717) is 52.0 Å². The van der Waals surface area contributed by atoms with Crippen LogP contribution in [0, 0.1) is 18.3 Å². The van der Waals surface area contributed by atoms with Crippen molar-refractivity contribution in [3.05, 3.63) is 82.7 Å². The third-order valence-corrected chi connectivity index (χ3v) is 10.3. The van der Waals surface area contributed by atoms with E-state index in [-0.39, 0.29) is 36.2 Å². The molecule has 3 atom stereocenters. The maximum absolute atomic E-state index is 13.9. The SMILES string of the molecule is Cc1nc(-c2cccc(NC(=O)CN3CC[C@@H]4NC(=O)[C@H](Cc5ccccc5)NC(=O)C5(CC=CC[C@@H]4C3)CCOCC5)c2)cs1. The number of aryl methyl sites for hydroxylation is 1. The Morgan fingerprint density at radius 2 is 1.91 bits per heavy atom. The Bertz CT molecular complexity index is 1550. The molecule has 242 valence electrons. The Kier molecular flexibility index (Phi) is 10.3. The van der Waals surface area contributed by atoms with Crippen LogP contribution in [0.4, 0.5) is 5.69 Å². The summed E-state index contributed by atoms with van der Waals surface area (Å²) < 4.78 is 5.62. The number of benzene rings is 2. The molecule has 2 fully saturated rings. The number of carbonyl (C=O) groups is 3.